The topological polar surface area (TPSA) is 106 Å². The summed E-state index contributed by atoms with van der Waals surface area (Å²) in [6, 6.07) is 6.94. The number of nitrogens with one attached hydrogen (secondary N) is 1. The molecule has 0 saturated carbocycles. The molecule has 3 rings (SSSR count). The number of morpholine rings is 1. The second-order valence-electron chi connectivity index (χ2n) is 6.28. The number of hydrogen-bond acceptors (Lipinski definition) is 7. The molecule has 1 aromatic heterocycles. The zero-order valence-corrected chi connectivity index (χ0v) is 17.4. The van der Waals surface area contributed by atoms with Crippen LogP contribution in [0.1, 0.15) is 6.92 Å². The number of nitrogens with zero attached hydrogens (tertiary/aromatic N) is 4. The number of amides is 1. The number of carbonyl (C=O) groups excluding carboxylic acids is 1. The molecule has 1 fully saturated rings. The van der Waals surface area contributed by atoms with Crippen molar-refractivity contribution in [1.82, 2.24) is 19.7 Å². The largest absolute Gasteiger partial charge is 0.378 e. The summed E-state index contributed by atoms with van der Waals surface area (Å²) in [5.41, 5.74) is 1.30. The first-order valence-corrected chi connectivity index (χ1v) is 11.7. The lowest BCUT2D eigenvalue weighted by atomic mass is 10.2. The summed E-state index contributed by atoms with van der Waals surface area (Å²) >= 11 is 1.37. The molecule has 0 radical (unpaired) electrons. The number of sulfonamides is 1. The molecule has 9 nitrogen and oxygen atoms in total. The van der Waals surface area contributed by atoms with Crippen molar-refractivity contribution in [3.8, 4) is 11.4 Å². The summed E-state index contributed by atoms with van der Waals surface area (Å²) in [4.78, 5) is 14.1. The Labute approximate surface area is 168 Å². The molecule has 0 unspecified atom stereocenters. The SMILES string of the molecule is CCn1c(SCC(=O)N2CCOCC2)nnc1-c1ccc(NS(C)(=O)=O)cc1. The minimum Gasteiger partial charge on any atom is -0.378 e. The maximum absolute atomic E-state index is 12.3. The Bertz CT molecular complexity index is 922. The summed E-state index contributed by atoms with van der Waals surface area (Å²) in [7, 11) is -3.32. The van der Waals surface area contributed by atoms with Gasteiger partial charge in [-0.1, -0.05) is 11.8 Å². The van der Waals surface area contributed by atoms with Gasteiger partial charge in [0.15, 0.2) is 11.0 Å². The molecular weight excluding hydrogens is 402 g/mol. The highest BCUT2D eigenvalue weighted by atomic mass is 32.2. The van der Waals surface area contributed by atoms with Crippen LogP contribution in [-0.2, 0) is 26.1 Å². The van der Waals surface area contributed by atoms with E-state index in [9.17, 15) is 13.2 Å². The number of hydrogen-bond donors (Lipinski definition) is 1. The van der Waals surface area contributed by atoms with E-state index < -0.39 is 10.0 Å². The predicted octanol–water partition coefficient (Wildman–Crippen LogP) is 1.29. The average Bonchev–Trinajstić information content (AvgIpc) is 3.09. The van der Waals surface area contributed by atoms with Crippen LogP contribution in [0.3, 0.4) is 0 Å². The van der Waals surface area contributed by atoms with Gasteiger partial charge in [-0.2, -0.15) is 0 Å². The zero-order valence-electron chi connectivity index (χ0n) is 15.8. The van der Waals surface area contributed by atoms with Gasteiger partial charge in [0, 0.05) is 30.9 Å². The Balaban J connectivity index is 1.70. The Morgan fingerprint density at radius 1 is 1.21 bits per heavy atom. The van der Waals surface area contributed by atoms with Crippen LogP contribution >= 0.6 is 11.8 Å². The molecule has 28 heavy (non-hydrogen) atoms. The first-order chi connectivity index (χ1) is 13.4. The minimum absolute atomic E-state index is 0.0664. The van der Waals surface area contributed by atoms with Crippen LogP contribution in [0.15, 0.2) is 29.4 Å². The highest BCUT2D eigenvalue weighted by Crippen LogP contribution is 2.25. The molecule has 1 aliphatic rings. The van der Waals surface area contributed by atoms with Gasteiger partial charge in [-0.3, -0.25) is 9.52 Å². The molecule has 1 aliphatic heterocycles. The van der Waals surface area contributed by atoms with Crippen molar-refractivity contribution in [3.63, 3.8) is 0 Å². The zero-order chi connectivity index (χ0) is 20.1. The second-order valence-corrected chi connectivity index (χ2v) is 8.97. The molecule has 0 bridgehead atoms. The van der Waals surface area contributed by atoms with Gasteiger partial charge in [0.1, 0.15) is 0 Å². The fourth-order valence-corrected chi connectivity index (χ4v) is 4.30. The first-order valence-electron chi connectivity index (χ1n) is 8.87. The average molecular weight is 426 g/mol. The maximum atomic E-state index is 12.3. The van der Waals surface area contributed by atoms with Crippen LogP contribution in [0.2, 0.25) is 0 Å². The summed E-state index contributed by atoms with van der Waals surface area (Å²) in [6.45, 7) is 5.05. The van der Waals surface area contributed by atoms with E-state index in [-0.39, 0.29) is 5.91 Å². The summed E-state index contributed by atoms with van der Waals surface area (Å²) < 4.78 is 32.3. The molecule has 152 valence electrons. The van der Waals surface area contributed by atoms with E-state index >= 15 is 0 Å². The van der Waals surface area contributed by atoms with Crippen LogP contribution in [0.4, 0.5) is 5.69 Å². The number of carbonyl (C=O) groups is 1. The molecule has 0 aliphatic carbocycles. The van der Waals surface area contributed by atoms with E-state index in [4.69, 9.17) is 4.74 Å². The number of anilines is 1. The van der Waals surface area contributed by atoms with Crippen molar-refractivity contribution in [2.24, 2.45) is 0 Å². The fourth-order valence-electron chi connectivity index (χ4n) is 2.83. The number of thioether (sulfide) groups is 1. The summed E-state index contributed by atoms with van der Waals surface area (Å²) in [5.74, 6) is 1.04. The number of benzene rings is 1. The van der Waals surface area contributed by atoms with Gasteiger partial charge in [-0.15, -0.1) is 10.2 Å². The molecule has 0 atom stereocenters. The van der Waals surface area contributed by atoms with Crippen LogP contribution in [0.5, 0.6) is 0 Å². The minimum atomic E-state index is -3.32. The summed E-state index contributed by atoms with van der Waals surface area (Å²) in [6.07, 6.45) is 1.11. The van der Waals surface area contributed by atoms with Gasteiger partial charge >= 0.3 is 0 Å². The van der Waals surface area contributed by atoms with E-state index in [0.29, 0.717) is 55.3 Å². The molecular formula is C17H23N5O4S2. The third-order valence-corrected chi connectivity index (χ3v) is 5.73. The van der Waals surface area contributed by atoms with Gasteiger partial charge < -0.3 is 14.2 Å². The third kappa shape index (κ3) is 5.24. The van der Waals surface area contributed by atoms with Crippen molar-refractivity contribution >= 4 is 33.4 Å². The molecule has 1 N–H and O–H groups in total. The van der Waals surface area contributed by atoms with Crippen molar-refractivity contribution in [2.75, 3.05) is 43.0 Å². The molecule has 11 heteroatoms. The van der Waals surface area contributed by atoms with Gasteiger partial charge in [-0.05, 0) is 31.2 Å². The van der Waals surface area contributed by atoms with E-state index in [2.05, 4.69) is 14.9 Å². The smallest absolute Gasteiger partial charge is 0.233 e. The third-order valence-electron chi connectivity index (χ3n) is 4.17. The van der Waals surface area contributed by atoms with Crippen molar-refractivity contribution < 1.29 is 17.9 Å². The molecule has 1 saturated heterocycles. The molecule has 1 amide bonds. The normalized spacial score (nSPS) is 14.9. The summed E-state index contributed by atoms with van der Waals surface area (Å²) in [5, 5.41) is 9.17. The van der Waals surface area contributed by atoms with E-state index in [0.717, 1.165) is 11.8 Å². The number of rotatable bonds is 7. The fraction of sp³-hybridized carbons (Fsp3) is 0.471. The van der Waals surface area contributed by atoms with Gasteiger partial charge in [0.25, 0.3) is 0 Å². The lowest BCUT2D eigenvalue weighted by Gasteiger charge is -2.26. The number of aromatic nitrogens is 3. The second kappa shape index (κ2) is 8.93. The van der Waals surface area contributed by atoms with Crippen molar-refractivity contribution in [3.05, 3.63) is 24.3 Å². The van der Waals surface area contributed by atoms with E-state index in [1.54, 1.807) is 29.2 Å². The maximum Gasteiger partial charge on any atom is 0.233 e. The Morgan fingerprint density at radius 2 is 1.89 bits per heavy atom. The Kier molecular flexibility index (Phi) is 6.57. The quantitative estimate of drug-likeness (QED) is 0.666. The Hall–Kier alpha value is -2.11. The van der Waals surface area contributed by atoms with Gasteiger partial charge in [0.05, 0.1) is 25.2 Å². The molecule has 0 spiro atoms. The molecule has 1 aromatic carbocycles. The highest BCUT2D eigenvalue weighted by molar-refractivity contribution is 7.99. The lowest BCUT2D eigenvalue weighted by Crippen LogP contribution is -2.41. The first kappa shape index (κ1) is 20.6. The van der Waals surface area contributed by atoms with Gasteiger partial charge in [0.2, 0.25) is 15.9 Å². The van der Waals surface area contributed by atoms with Crippen LogP contribution in [0, 0.1) is 0 Å². The van der Waals surface area contributed by atoms with Crippen molar-refractivity contribution in [1.29, 1.82) is 0 Å². The van der Waals surface area contributed by atoms with Crippen LogP contribution in [0.25, 0.3) is 11.4 Å². The van der Waals surface area contributed by atoms with E-state index in [1.807, 2.05) is 11.5 Å². The van der Waals surface area contributed by atoms with Gasteiger partial charge in [-0.25, -0.2) is 8.42 Å². The number of ether oxygens (including phenoxy) is 1. The van der Waals surface area contributed by atoms with Crippen molar-refractivity contribution in [2.45, 2.75) is 18.6 Å². The van der Waals surface area contributed by atoms with E-state index in [1.165, 1.54) is 11.8 Å². The lowest BCUT2D eigenvalue weighted by molar-refractivity contribution is -0.132. The molecule has 2 heterocycles. The highest BCUT2D eigenvalue weighted by Gasteiger charge is 2.19. The Morgan fingerprint density at radius 3 is 2.50 bits per heavy atom. The monoisotopic (exact) mass is 425 g/mol. The standard InChI is InChI=1S/C17H23N5O4S2/c1-3-22-16(13-4-6-14(7-5-13)20-28(2,24)25)18-19-17(22)27-12-15(23)21-8-10-26-11-9-21/h4-7,20H,3,8-12H2,1-2H3. The van der Waals surface area contributed by atoms with Crippen LogP contribution in [-0.4, -0.2) is 72.3 Å². The van der Waals surface area contributed by atoms with Crippen LogP contribution < -0.4 is 4.72 Å². The molecule has 2 aromatic rings. The predicted molar refractivity (Wildman–Crippen MR) is 108 cm³/mol.